The molecule has 3 heteroatoms. The number of hydrogen-bond donors (Lipinski definition) is 0. The van der Waals surface area contributed by atoms with Crippen LogP contribution in [0.5, 0.6) is 0 Å². The van der Waals surface area contributed by atoms with Crippen molar-refractivity contribution >= 4 is 5.91 Å². The molecule has 2 aliphatic rings. The molecule has 0 radical (unpaired) electrons. The fraction of sp³-hybridized carbons (Fsp3) is 0.909. The number of piperidine rings is 1. The molecule has 0 bridgehead atoms. The van der Waals surface area contributed by atoms with Crippen LogP contribution in [0.4, 0.5) is 0 Å². The molecule has 0 aromatic heterocycles. The third kappa shape index (κ3) is 1.92. The van der Waals surface area contributed by atoms with Gasteiger partial charge in [0.1, 0.15) is 0 Å². The Morgan fingerprint density at radius 3 is 2.79 bits per heavy atom. The minimum atomic E-state index is 0.213. The number of carbonyl (C=O) groups is 1. The van der Waals surface area contributed by atoms with E-state index in [-0.39, 0.29) is 5.91 Å². The first-order valence-corrected chi connectivity index (χ1v) is 5.68. The van der Waals surface area contributed by atoms with Crippen molar-refractivity contribution in [1.82, 2.24) is 4.90 Å². The summed E-state index contributed by atoms with van der Waals surface area (Å²) in [5, 5.41) is 0. The minimum absolute atomic E-state index is 0.213. The van der Waals surface area contributed by atoms with Gasteiger partial charge in [0, 0.05) is 20.1 Å². The van der Waals surface area contributed by atoms with Crippen LogP contribution in [-0.2, 0) is 9.53 Å². The van der Waals surface area contributed by atoms with Crippen LogP contribution >= 0.6 is 0 Å². The molecule has 0 spiro atoms. The maximum atomic E-state index is 11.4. The monoisotopic (exact) mass is 197 g/mol. The van der Waals surface area contributed by atoms with Crippen LogP contribution < -0.4 is 0 Å². The highest BCUT2D eigenvalue weighted by molar-refractivity contribution is 5.73. The highest BCUT2D eigenvalue weighted by atomic mass is 16.5. The molecular weight excluding hydrogens is 178 g/mol. The Kier molecular flexibility index (Phi) is 3.06. The van der Waals surface area contributed by atoms with Gasteiger partial charge >= 0.3 is 0 Å². The second-order valence-electron chi connectivity index (χ2n) is 4.33. The van der Waals surface area contributed by atoms with Gasteiger partial charge in [0.15, 0.2) is 0 Å². The van der Waals surface area contributed by atoms with E-state index >= 15 is 0 Å². The summed E-state index contributed by atoms with van der Waals surface area (Å²) in [6.07, 6.45) is 6.14. The predicted octanol–water partition coefficient (Wildman–Crippen LogP) is 1.57. The fourth-order valence-corrected chi connectivity index (χ4v) is 2.64. The van der Waals surface area contributed by atoms with E-state index in [0.29, 0.717) is 12.1 Å². The maximum Gasteiger partial charge on any atom is 0.219 e. The molecular formula is C11H19NO2. The second-order valence-corrected chi connectivity index (χ2v) is 4.33. The lowest BCUT2D eigenvalue weighted by molar-refractivity contribution is -0.135. The van der Waals surface area contributed by atoms with Crippen molar-refractivity contribution in [3.63, 3.8) is 0 Å². The Bertz CT molecular complexity index is 211. The third-order valence-corrected chi connectivity index (χ3v) is 3.35. The first-order valence-electron chi connectivity index (χ1n) is 5.68. The molecule has 0 aromatic rings. The molecule has 2 fully saturated rings. The molecule has 0 aromatic carbocycles. The molecule has 2 saturated heterocycles. The number of nitrogens with zero attached hydrogens (tertiary/aromatic N) is 1. The van der Waals surface area contributed by atoms with E-state index in [1.807, 2.05) is 4.90 Å². The number of likely N-dealkylation sites (tertiary alicyclic amines) is 1. The summed E-state index contributed by atoms with van der Waals surface area (Å²) in [4.78, 5) is 13.4. The third-order valence-electron chi connectivity index (χ3n) is 3.35. The molecule has 80 valence electrons. The van der Waals surface area contributed by atoms with E-state index in [1.54, 1.807) is 6.92 Å². The molecule has 14 heavy (non-hydrogen) atoms. The number of carbonyl (C=O) groups excluding carboxylic acids is 1. The lowest BCUT2D eigenvalue weighted by Crippen LogP contribution is -2.48. The van der Waals surface area contributed by atoms with Gasteiger partial charge in [-0.3, -0.25) is 4.79 Å². The molecule has 0 saturated carbocycles. The lowest BCUT2D eigenvalue weighted by Gasteiger charge is -2.38. The Morgan fingerprint density at radius 1 is 1.29 bits per heavy atom. The SMILES string of the molecule is CC(=O)N1CCCCC1C1CCCO1. The van der Waals surface area contributed by atoms with E-state index in [1.165, 1.54) is 6.42 Å². The van der Waals surface area contributed by atoms with Crippen LogP contribution in [0.1, 0.15) is 39.0 Å². The predicted molar refractivity (Wildman–Crippen MR) is 54.0 cm³/mol. The van der Waals surface area contributed by atoms with Crippen molar-refractivity contribution < 1.29 is 9.53 Å². The van der Waals surface area contributed by atoms with Crippen molar-refractivity contribution in [2.75, 3.05) is 13.2 Å². The van der Waals surface area contributed by atoms with Crippen LogP contribution in [0.2, 0.25) is 0 Å². The Hall–Kier alpha value is -0.570. The normalized spacial score (nSPS) is 33.4. The molecule has 1 amide bonds. The largest absolute Gasteiger partial charge is 0.376 e. The van der Waals surface area contributed by atoms with Crippen LogP contribution in [0.3, 0.4) is 0 Å². The number of ether oxygens (including phenoxy) is 1. The van der Waals surface area contributed by atoms with E-state index in [4.69, 9.17) is 4.74 Å². The van der Waals surface area contributed by atoms with Gasteiger partial charge in [0.25, 0.3) is 0 Å². The van der Waals surface area contributed by atoms with Gasteiger partial charge in [0.2, 0.25) is 5.91 Å². The quantitative estimate of drug-likeness (QED) is 0.638. The van der Waals surface area contributed by atoms with Crippen LogP contribution in [0, 0.1) is 0 Å². The van der Waals surface area contributed by atoms with Crippen molar-refractivity contribution in [2.24, 2.45) is 0 Å². The summed E-state index contributed by atoms with van der Waals surface area (Å²) in [5.74, 6) is 0.213. The summed E-state index contributed by atoms with van der Waals surface area (Å²) in [5.41, 5.74) is 0. The lowest BCUT2D eigenvalue weighted by atomic mass is 9.96. The molecule has 3 nitrogen and oxygen atoms in total. The zero-order valence-electron chi connectivity index (χ0n) is 8.87. The minimum Gasteiger partial charge on any atom is -0.376 e. The number of rotatable bonds is 1. The van der Waals surface area contributed by atoms with Crippen LogP contribution in [-0.4, -0.2) is 36.1 Å². The Morgan fingerprint density at radius 2 is 2.14 bits per heavy atom. The molecule has 0 N–H and O–H groups in total. The van der Waals surface area contributed by atoms with Gasteiger partial charge in [-0.25, -0.2) is 0 Å². The van der Waals surface area contributed by atoms with E-state index in [0.717, 1.165) is 38.8 Å². The van der Waals surface area contributed by atoms with E-state index < -0.39 is 0 Å². The molecule has 2 aliphatic heterocycles. The number of hydrogen-bond acceptors (Lipinski definition) is 2. The van der Waals surface area contributed by atoms with Crippen molar-refractivity contribution in [3.8, 4) is 0 Å². The average Bonchev–Trinajstić information content (AvgIpc) is 2.70. The Labute approximate surface area is 85.4 Å². The van der Waals surface area contributed by atoms with Gasteiger partial charge in [-0.15, -0.1) is 0 Å². The average molecular weight is 197 g/mol. The molecule has 2 unspecified atom stereocenters. The van der Waals surface area contributed by atoms with E-state index in [2.05, 4.69) is 0 Å². The summed E-state index contributed by atoms with van der Waals surface area (Å²) in [6.45, 7) is 3.49. The smallest absolute Gasteiger partial charge is 0.219 e. The zero-order chi connectivity index (χ0) is 9.97. The van der Waals surface area contributed by atoms with Gasteiger partial charge in [-0.1, -0.05) is 0 Å². The highest BCUT2D eigenvalue weighted by Gasteiger charge is 2.33. The molecule has 2 atom stereocenters. The number of amides is 1. The maximum absolute atomic E-state index is 11.4. The summed E-state index contributed by atoms with van der Waals surface area (Å²) >= 11 is 0. The summed E-state index contributed by atoms with van der Waals surface area (Å²) in [6, 6.07) is 0.365. The topological polar surface area (TPSA) is 29.5 Å². The molecule has 0 aliphatic carbocycles. The molecule has 2 rings (SSSR count). The van der Waals surface area contributed by atoms with Gasteiger partial charge < -0.3 is 9.64 Å². The van der Waals surface area contributed by atoms with Crippen molar-refractivity contribution in [2.45, 2.75) is 51.2 Å². The first kappa shape index (κ1) is 9.97. The van der Waals surface area contributed by atoms with E-state index in [9.17, 15) is 4.79 Å². The van der Waals surface area contributed by atoms with Gasteiger partial charge in [0.05, 0.1) is 12.1 Å². The summed E-state index contributed by atoms with van der Waals surface area (Å²) < 4.78 is 5.68. The van der Waals surface area contributed by atoms with Gasteiger partial charge in [-0.05, 0) is 32.1 Å². The highest BCUT2D eigenvalue weighted by Crippen LogP contribution is 2.27. The molecule has 2 heterocycles. The second kappa shape index (κ2) is 4.30. The van der Waals surface area contributed by atoms with Crippen molar-refractivity contribution in [1.29, 1.82) is 0 Å². The standard InChI is InChI=1S/C11H19NO2/c1-9(13)12-7-3-2-5-10(12)11-6-4-8-14-11/h10-11H,2-8H2,1H3. The Balaban J connectivity index is 2.01. The first-order chi connectivity index (χ1) is 6.79. The zero-order valence-corrected chi connectivity index (χ0v) is 8.87. The van der Waals surface area contributed by atoms with Crippen LogP contribution in [0.25, 0.3) is 0 Å². The summed E-state index contributed by atoms with van der Waals surface area (Å²) in [7, 11) is 0. The fourth-order valence-electron chi connectivity index (χ4n) is 2.64. The van der Waals surface area contributed by atoms with Crippen molar-refractivity contribution in [3.05, 3.63) is 0 Å². The van der Waals surface area contributed by atoms with Crippen LogP contribution in [0.15, 0.2) is 0 Å². The van der Waals surface area contributed by atoms with Gasteiger partial charge in [-0.2, -0.15) is 0 Å².